The molecule has 0 atom stereocenters. The van der Waals surface area contributed by atoms with Crippen LogP contribution in [0.3, 0.4) is 0 Å². The zero-order valence-corrected chi connectivity index (χ0v) is 14.7. The maximum absolute atomic E-state index is 12.7. The summed E-state index contributed by atoms with van der Waals surface area (Å²) in [5.74, 6) is 0. The topological polar surface area (TPSA) is 63.4 Å². The highest BCUT2D eigenvalue weighted by molar-refractivity contribution is 9.10. The first-order chi connectivity index (χ1) is 9.30. The first-order valence-electron chi connectivity index (χ1n) is 6.87. The number of hydrogen-bond donors (Lipinski definition) is 1. The summed E-state index contributed by atoms with van der Waals surface area (Å²) in [6.45, 7) is 6.44. The monoisotopic (exact) mass is 362 g/mol. The summed E-state index contributed by atoms with van der Waals surface area (Å²) < 4.78 is 27.6. The molecule has 0 saturated carbocycles. The zero-order valence-electron chi connectivity index (χ0n) is 12.3. The Kier molecular flexibility index (Phi) is 6.48. The molecule has 114 valence electrons. The number of halogens is 1. The molecule has 6 heteroatoms. The maximum atomic E-state index is 12.7. The van der Waals surface area contributed by atoms with Crippen LogP contribution in [0.25, 0.3) is 0 Å². The number of nitrogen functional groups attached to an aromatic ring is 1. The lowest BCUT2D eigenvalue weighted by Gasteiger charge is -2.26. The standard InChI is InChI=1S/C14H23BrN2O2S/c1-4-5-6-9-17(11(2)3)20(18,19)12-7-8-13(15)14(16)10-12/h7-8,10-11H,4-6,9,16H2,1-3H3. The van der Waals surface area contributed by atoms with Crippen LogP contribution in [-0.4, -0.2) is 25.3 Å². The summed E-state index contributed by atoms with van der Waals surface area (Å²) in [5.41, 5.74) is 6.22. The fourth-order valence-corrected chi connectivity index (χ4v) is 3.95. The minimum Gasteiger partial charge on any atom is -0.398 e. The zero-order chi connectivity index (χ0) is 15.3. The number of nitrogens with zero attached hydrogens (tertiary/aromatic N) is 1. The first-order valence-corrected chi connectivity index (χ1v) is 9.11. The average Bonchev–Trinajstić information content (AvgIpc) is 2.37. The Balaban J connectivity index is 3.06. The van der Waals surface area contributed by atoms with Gasteiger partial charge in [-0.1, -0.05) is 19.8 Å². The summed E-state index contributed by atoms with van der Waals surface area (Å²) in [7, 11) is -3.49. The van der Waals surface area contributed by atoms with Crippen molar-refractivity contribution in [3.63, 3.8) is 0 Å². The number of anilines is 1. The van der Waals surface area contributed by atoms with E-state index >= 15 is 0 Å². The van der Waals surface area contributed by atoms with E-state index in [0.717, 1.165) is 19.3 Å². The van der Waals surface area contributed by atoms with E-state index in [-0.39, 0.29) is 10.9 Å². The smallest absolute Gasteiger partial charge is 0.243 e. The molecule has 0 fully saturated rings. The van der Waals surface area contributed by atoms with Crippen LogP contribution < -0.4 is 5.73 Å². The molecule has 0 aliphatic carbocycles. The van der Waals surface area contributed by atoms with E-state index in [9.17, 15) is 8.42 Å². The molecule has 0 radical (unpaired) electrons. The predicted octanol–water partition coefficient (Wildman–Crippen LogP) is 3.62. The number of hydrogen-bond acceptors (Lipinski definition) is 3. The van der Waals surface area contributed by atoms with Crippen LogP contribution in [0, 0.1) is 0 Å². The van der Waals surface area contributed by atoms with E-state index in [1.165, 1.54) is 6.07 Å². The van der Waals surface area contributed by atoms with Gasteiger partial charge in [-0.05, 0) is 54.4 Å². The van der Waals surface area contributed by atoms with Crippen LogP contribution in [0.5, 0.6) is 0 Å². The van der Waals surface area contributed by atoms with Gasteiger partial charge in [-0.25, -0.2) is 8.42 Å². The summed E-state index contributed by atoms with van der Waals surface area (Å²) in [6.07, 6.45) is 2.97. The Morgan fingerprint density at radius 3 is 2.45 bits per heavy atom. The molecule has 0 aliphatic heterocycles. The Morgan fingerprint density at radius 2 is 1.95 bits per heavy atom. The van der Waals surface area contributed by atoms with Gasteiger partial charge in [0.2, 0.25) is 10.0 Å². The second-order valence-electron chi connectivity index (χ2n) is 5.10. The number of rotatable bonds is 7. The van der Waals surface area contributed by atoms with Crippen LogP contribution in [0.1, 0.15) is 40.0 Å². The summed E-state index contributed by atoms with van der Waals surface area (Å²) in [4.78, 5) is 0.253. The Labute approximate surface area is 130 Å². The lowest BCUT2D eigenvalue weighted by molar-refractivity contribution is 0.345. The van der Waals surface area contributed by atoms with E-state index in [4.69, 9.17) is 5.73 Å². The highest BCUT2D eigenvalue weighted by Gasteiger charge is 2.26. The molecular weight excluding hydrogens is 340 g/mol. The molecule has 0 heterocycles. The summed E-state index contributed by atoms with van der Waals surface area (Å²) in [6, 6.07) is 4.70. The van der Waals surface area contributed by atoms with Gasteiger partial charge in [0, 0.05) is 22.7 Å². The maximum Gasteiger partial charge on any atom is 0.243 e. The van der Waals surface area contributed by atoms with Gasteiger partial charge in [-0.3, -0.25) is 0 Å². The van der Waals surface area contributed by atoms with Gasteiger partial charge < -0.3 is 5.73 Å². The molecule has 0 amide bonds. The van der Waals surface area contributed by atoms with Crippen LogP contribution in [-0.2, 0) is 10.0 Å². The van der Waals surface area contributed by atoms with E-state index in [2.05, 4.69) is 22.9 Å². The average molecular weight is 363 g/mol. The van der Waals surface area contributed by atoms with Gasteiger partial charge in [0.15, 0.2) is 0 Å². The van der Waals surface area contributed by atoms with Gasteiger partial charge >= 0.3 is 0 Å². The van der Waals surface area contributed by atoms with Gasteiger partial charge in [-0.2, -0.15) is 4.31 Å². The Bertz CT molecular complexity index is 544. The van der Waals surface area contributed by atoms with E-state index in [1.54, 1.807) is 16.4 Å². The van der Waals surface area contributed by atoms with Gasteiger partial charge in [0.05, 0.1) is 4.90 Å². The van der Waals surface area contributed by atoms with E-state index in [1.807, 2.05) is 13.8 Å². The normalized spacial score (nSPS) is 12.3. The van der Waals surface area contributed by atoms with Gasteiger partial charge in [-0.15, -0.1) is 0 Å². The van der Waals surface area contributed by atoms with E-state index < -0.39 is 10.0 Å². The third-order valence-corrected chi connectivity index (χ3v) is 5.93. The quantitative estimate of drug-likeness (QED) is 0.594. The summed E-state index contributed by atoms with van der Waals surface area (Å²) in [5, 5.41) is 0. The molecule has 0 spiro atoms. The van der Waals surface area contributed by atoms with Crippen molar-refractivity contribution >= 4 is 31.6 Å². The van der Waals surface area contributed by atoms with Crippen molar-refractivity contribution in [1.82, 2.24) is 4.31 Å². The number of unbranched alkanes of at least 4 members (excludes halogenated alkanes) is 2. The molecule has 1 aromatic carbocycles. The summed E-state index contributed by atoms with van der Waals surface area (Å²) >= 11 is 3.28. The molecule has 0 saturated heterocycles. The van der Waals surface area contributed by atoms with Crippen molar-refractivity contribution in [2.24, 2.45) is 0 Å². The van der Waals surface area contributed by atoms with Crippen molar-refractivity contribution in [3.05, 3.63) is 22.7 Å². The number of benzene rings is 1. The Morgan fingerprint density at radius 1 is 1.30 bits per heavy atom. The van der Waals surface area contributed by atoms with Crippen molar-refractivity contribution in [2.45, 2.75) is 51.0 Å². The molecule has 0 bridgehead atoms. The second kappa shape index (κ2) is 7.43. The van der Waals surface area contributed by atoms with Crippen molar-refractivity contribution < 1.29 is 8.42 Å². The minimum atomic E-state index is -3.49. The van der Waals surface area contributed by atoms with Crippen LogP contribution in [0.2, 0.25) is 0 Å². The highest BCUT2D eigenvalue weighted by atomic mass is 79.9. The van der Waals surface area contributed by atoms with Gasteiger partial charge in [0.25, 0.3) is 0 Å². The molecular formula is C14H23BrN2O2S. The van der Waals surface area contributed by atoms with E-state index in [0.29, 0.717) is 16.7 Å². The molecule has 20 heavy (non-hydrogen) atoms. The molecule has 4 nitrogen and oxygen atoms in total. The predicted molar refractivity (Wildman–Crippen MR) is 87.1 cm³/mol. The van der Waals surface area contributed by atoms with Crippen LogP contribution in [0.15, 0.2) is 27.6 Å². The minimum absolute atomic E-state index is 0.0678. The lowest BCUT2D eigenvalue weighted by atomic mass is 10.2. The third kappa shape index (κ3) is 4.20. The highest BCUT2D eigenvalue weighted by Crippen LogP contribution is 2.26. The number of sulfonamides is 1. The molecule has 1 aromatic rings. The first kappa shape index (κ1) is 17.5. The van der Waals surface area contributed by atoms with Crippen molar-refractivity contribution in [1.29, 1.82) is 0 Å². The largest absolute Gasteiger partial charge is 0.398 e. The molecule has 0 aliphatic rings. The molecule has 0 aromatic heterocycles. The fraction of sp³-hybridized carbons (Fsp3) is 0.571. The van der Waals surface area contributed by atoms with Crippen LogP contribution in [0.4, 0.5) is 5.69 Å². The molecule has 2 N–H and O–H groups in total. The second-order valence-corrected chi connectivity index (χ2v) is 7.84. The SMILES string of the molecule is CCCCCN(C(C)C)S(=O)(=O)c1ccc(Br)c(N)c1. The molecule has 1 rings (SSSR count). The lowest BCUT2D eigenvalue weighted by Crippen LogP contribution is -2.37. The Hall–Kier alpha value is -0.590. The van der Waals surface area contributed by atoms with Gasteiger partial charge in [0.1, 0.15) is 0 Å². The molecule has 0 unspecified atom stereocenters. The number of nitrogens with two attached hydrogens (primary N) is 1. The van der Waals surface area contributed by atoms with Crippen molar-refractivity contribution in [3.8, 4) is 0 Å². The van der Waals surface area contributed by atoms with Crippen molar-refractivity contribution in [2.75, 3.05) is 12.3 Å². The van der Waals surface area contributed by atoms with Crippen LogP contribution >= 0.6 is 15.9 Å². The third-order valence-electron chi connectivity index (χ3n) is 3.13. The fourth-order valence-electron chi connectivity index (χ4n) is 1.99.